The molecular formula is C10H14BrNO2S. The van der Waals surface area contributed by atoms with Gasteiger partial charge in [0.1, 0.15) is 0 Å². The predicted molar refractivity (Wildman–Crippen MR) is 65.4 cm³/mol. The van der Waals surface area contributed by atoms with Crippen LogP contribution >= 0.6 is 27.3 Å². The standard InChI is InChI=1S/C10H14BrNO2S/c1-3-7(13)5-12-10(14)8-4-6(2)9(11)15-8/h4,7,13H,3,5H2,1-2H3,(H,12,14). The molecule has 3 nitrogen and oxygen atoms in total. The Morgan fingerprint density at radius 3 is 2.87 bits per heavy atom. The van der Waals surface area contributed by atoms with Gasteiger partial charge < -0.3 is 10.4 Å². The number of nitrogens with one attached hydrogen (secondary N) is 1. The van der Waals surface area contributed by atoms with Crippen LogP contribution in [-0.4, -0.2) is 23.7 Å². The van der Waals surface area contributed by atoms with Crippen LogP contribution in [-0.2, 0) is 0 Å². The van der Waals surface area contributed by atoms with E-state index in [1.165, 1.54) is 11.3 Å². The Morgan fingerprint density at radius 1 is 1.73 bits per heavy atom. The van der Waals surface area contributed by atoms with Gasteiger partial charge in [0.05, 0.1) is 14.8 Å². The van der Waals surface area contributed by atoms with Gasteiger partial charge in [-0.15, -0.1) is 11.3 Å². The smallest absolute Gasteiger partial charge is 0.261 e. The van der Waals surface area contributed by atoms with Crippen molar-refractivity contribution in [3.63, 3.8) is 0 Å². The third-order valence-corrected chi connectivity index (χ3v) is 4.19. The molecule has 1 atom stereocenters. The van der Waals surface area contributed by atoms with Gasteiger partial charge in [0.15, 0.2) is 0 Å². The molecule has 1 unspecified atom stereocenters. The highest BCUT2D eigenvalue weighted by atomic mass is 79.9. The molecule has 0 saturated heterocycles. The lowest BCUT2D eigenvalue weighted by molar-refractivity contribution is 0.0918. The molecule has 0 aromatic carbocycles. The Labute approximate surface area is 102 Å². The van der Waals surface area contributed by atoms with E-state index < -0.39 is 6.10 Å². The van der Waals surface area contributed by atoms with Crippen molar-refractivity contribution in [3.05, 3.63) is 20.3 Å². The molecule has 0 fully saturated rings. The van der Waals surface area contributed by atoms with E-state index in [0.29, 0.717) is 17.8 Å². The molecule has 0 saturated carbocycles. The number of rotatable bonds is 4. The van der Waals surface area contributed by atoms with E-state index in [1.54, 1.807) is 0 Å². The first-order chi connectivity index (χ1) is 7.04. The van der Waals surface area contributed by atoms with Gasteiger partial charge in [0.25, 0.3) is 5.91 Å². The van der Waals surface area contributed by atoms with Crippen LogP contribution in [0.1, 0.15) is 28.6 Å². The van der Waals surface area contributed by atoms with Gasteiger partial charge in [-0.25, -0.2) is 0 Å². The molecule has 84 valence electrons. The summed E-state index contributed by atoms with van der Waals surface area (Å²) in [7, 11) is 0. The van der Waals surface area contributed by atoms with Gasteiger partial charge in [-0.05, 0) is 40.9 Å². The monoisotopic (exact) mass is 291 g/mol. The normalized spacial score (nSPS) is 12.5. The third-order valence-electron chi connectivity index (χ3n) is 2.05. The van der Waals surface area contributed by atoms with Gasteiger partial charge >= 0.3 is 0 Å². The SMILES string of the molecule is CCC(O)CNC(=O)c1cc(C)c(Br)s1. The summed E-state index contributed by atoms with van der Waals surface area (Å²) >= 11 is 4.77. The first kappa shape index (κ1) is 12.7. The van der Waals surface area contributed by atoms with E-state index >= 15 is 0 Å². The summed E-state index contributed by atoms with van der Waals surface area (Å²) in [4.78, 5) is 12.3. The molecule has 1 amide bonds. The second kappa shape index (κ2) is 5.63. The van der Waals surface area contributed by atoms with Crippen molar-refractivity contribution in [2.45, 2.75) is 26.4 Å². The molecule has 2 N–H and O–H groups in total. The van der Waals surface area contributed by atoms with E-state index in [0.717, 1.165) is 9.35 Å². The van der Waals surface area contributed by atoms with Crippen molar-refractivity contribution < 1.29 is 9.90 Å². The molecule has 5 heteroatoms. The highest BCUT2D eigenvalue weighted by molar-refractivity contribution is 9.11. The zero-order valence-electron chi connectivity index (χ0n) is 8.71. The molecule has 0 spiro atoms. The number of aliphatic hydroxyl groups excluding tert-OH is 1. The minimum Gasteiger partial charge on any atom is -0.391 e. The van der Waals surface area contributed by atoms with E-state index in [9.17, 15) is 9.90 Å². The van der Waals surface area contributed by atoms with Crippen LogP contribution in [0, 0.1) is 6.92 Å². The number of hydrogen-bond acceptors (Lipinski definition) is 3. The lowest BCUT2D eigenvalue weighted by atomic mass is 10.3. The molecule has 0 bridgehead atoms. The molecule has 1 rings (SSSR count). The number of thiophene rings is 1. The fourth-order valence-corrected chi connectivity index (χ4v) is 2.46. The fraction of sp³-hybridized carbons (Fsp3) is 0.500. The second-order valence-corrected chi connectivity index (χ2v) is 5.71. The number of hydrogen-bond donors (Lipinski definition) is 2. The minimum absolute atomic E-state index is 0.124. The summed E-state index contributed by atoms with van der Waals surface area (Å²) in [5, 5.41) is 12.0. The van der Waals surface area contributed by atoms with Crippen LogP contribution in [0.5, 0.6) is 0 Å². The van der Waals surface area contributed by atoms with Gasteiger partial charge in [0.2, 0.25) is 0 Å². The van der Waals surface area contributed by atoms with Crippen LogP contribution < -0.4 is 5.32 Å². The van der Waals surface area contributed by atoms with Crippen LogP contribution in [0.3, 0.4) is 0 Å². The molecular weight excluding hydrogens is 278 g/mol. The van der Waals surface area contributed by atoms with Gasteiger partial charge in [-0.2, -0.15) is 0 Å². The number of aryl methyl sites for hydroxylation is 1. The lowest BCUT2D eigenvalue weighted by Crippen LogP contribution is -2.31. The average Bonchev–Trinajstić information content (AvgIpc) is 2.55. The summed E-state index contributed by atoms with van der Waals surface area (Å²) in [6.45, 7) is 4.13. The van der Waals surface area contributed by atoms with Crippen LogP contribution in [0.4, 0.5) is 0 Å². The van der Waals surface area contributed by atoms with E-state index in [-0.39, 0.29) is 5.91 Å². The Kier molecular flexibility index (Phi) is 4.76. The molecule has 0 aliphatic rings. The van der Waals surface area contributed by atoms with Crippen molar-refractivity contribution in [2.75, 3.05) is 6.54 Å². The van der Waals surface area contributed by atoms with Gasteiger partial charge in [-0.1, -0.05) is 6.92 Å². The Balaban J connectivity index is 2.54. The highest BCUT2D eigenvalue weighted by Crippen LogP contribution is 2.27. The van der Waals surface area contributed by atoms with Gasteiger partial charge in [0, 0.05) is 6.54 Å². The second-order valence-electron chi connectivity index (χ2n) is 3.34. The first-order valence-corrected chi connectivity index (χ1v) is 6.37. The predicted octanol–water partition coefficient (Wildman–Crippen LogP) is 2.32. The van der Waals surface area contributed by atoms with Crippen molar-refractivity contribution >= 4 is 33.2 Å². The summed E-state index contributed by atoms with van der Waals surface area (Å²) in [5.74, 6) is -0.124. The van der Waals surface area contributed by atoms with E-state index in [1.807, 2.05) is 19.9 Å². The quantitative estimate of drug-likeness (QED) is 0.894. The zero-order chi connectivity index (χ0) is 11.4. The molecule has 1 aromatic heterocycles. The molecule has 1 aromatic rings. The summed E-state index contributed by atoms with van der Waals surface area (Å²) in [5.41, 5.74) is 1.06. The Bertz CT molecular complexity index is 332. The third kappa shape index (κ3) is 3.59. The Morgan fingerprint density at radius 2 is 2.40 bits per heavy atom. The molecule has 1 heterocycles. The molecule has 0 aliphatic heterocycles. The summed E-state index contributed by atoms with van der Waals surface area (Å²) < 4.78 is 0.976. The number of aliphatic hydroxyl groups is 1. The first-order valence-electron chi connectivity index (χ1n) is 4.76. The maximum absolute atomic E-state index is 11.6. The van der Waals surface area contributed by atoms with E-state index in [2.05, 4.69) is 21.2 Å². The van der Waals surface area contributed by atoms with E-state index in [4.69, 9.17) is 0 Å². The van der Waals surface area contributed by atoms with Crippen LogP contribution in [0.25, 0.3) is 0 Å². The number of halogens is 1. The van der Waals surface area contributed by atoms with Crippen molar-refractivity contribution in [1.82, 2.24) is 5.32 Å². The average molecular weight is 292 g/mol. The Hall–Kier alpha value is -0.390. The van der Waals surface area contributed by atoms with Gasteiger partial charge in [-0.3, -0.25) is 4.79 Å². The molecule has 15 heavy (non-hydrogen) atoms. The molecule has 0 radical (unpaired) electrons. The van der Waals surface area contributed by atoms with Crippen LogP contribution in [0.2, 0.25) is 0 Å². The number of carbonyl (C=O) groups is 1. The van der Waals surface area contributed by atoms with Crippen molar-refractivity contribution in [1.29, 1.82) is 0 Å². The largest absolute Gasteiger partial charge is 0.391 e. The fourth-order valence-electron chi connectivity index (χ4n) is 1.01. The molecule has 0 aliphatic carbocycles. The number of amides is 1. The zero-order valence-corrected chi connectivity index (χ0v) is 11.1. The van der Waals surface area contributed by atoms with Crippen molar-refractivity contribution in [2.24, 2.45) is 0 Å². The maximum atomic E-state index is 11.6. The maximum Gasteiger partial charge on any atom is 0.261 e. The summed E-state index contributed by atoms with van der Waals surface area (Å²) in [6, 6.07) is 1.84. The van der Waals surface area contributed by atoms with Crippen molar-refractivity contribution in [3.8, 4) is 0 Å². The number of carbonyl (C=O) groups excluding carboxylic acids is 1. The minimum atomic E-state index is -0.460. The topological polar surface area (TPSA) is 49.3 Å². The van der Waals surface area contributed by atoms with Crippen LogP contribution in [0.15, 0.2) is 9.85 Å². The lowest BCUT2D eigenvalue weighted by Gasteiger charge is -2.07. The summed E-state index contributed by atoms with van der Waals surface area (Å²) in [6.07, 6.45) is 0.187. The highest BCUT2D eigenvalue weighted by Gasteiger charge is 2.11.